The van der Waals surface area contributed by atoms with E-state index in [9.17, 15) is 19.5 Å². The first-order valence-corrected chi connectivity index (χ1v) is 11.3. The zero-order valence-corrected chi connectivity index (χ0v) is 20.4. The highest BCUT2D eigenvalue weighted by molar-refractivity contribution is 6.36. The second-order valence-electron chi connectivity index (χ2n) is 9.30. The molecule has 0 aliphatic carbocycles. The van der Waals surface area contributed by atoms with Gasteiger partial charge in [0.1, 0.15) is 6.04 Å². The molecule has 3 rings (SSSR count). The van der Waals surface area contributed by atoms with Crippen molar-refractivity contribution in [2.45, 2.75) is 39.0 Å². The van der Waals surface area contributed by atoms with E-state index in [0.29, 0.717) is 5.02 Å². The zero-order valence-electron chi connectivity index (χ0n) is 18.8. The molecule has 4 unspecified atom stereocenters. The lowest BCUT2D eigenvalue weighted by molar-refractivity contribution is -0.142. The van der Waals surface area contributed by atoms with Crippen LogP contribution in [0.2, 0.25) is 10.0 Å². The van der Waals surface area contributed by atoms with Gasteiger partial charge in [-0.15, -0.1) is 0 Å². The summed E-state index contributed by atoms with van der Waals surface area (Å²) in [6, 6.07) is 12.0. The molecule has 0 radical (unpaired) electrons. The second-order valence-corrected chi connectivity index (χ2v) is 10.1. The van der Waals surface area contributed by atoms with Gasteiger partial charge in [0.15, 0.2) is 11.9 Å². The molecule has 2 N–H and O–H groups in total. The lowest BCUT2D eigenvalue weighted by atomic mass is 9.67. The summed E-state index contributed by atoms with van der Waals surface area (Å²) in [6.45, 7) is 5.67. The molecule has 0 amide bonds. The van der Waals surface area contributed by atoms with Crippen molar-refractivity contribution in [2.24, 2.45) is 17.3 Å². The van der Waals surface area contributed by atoms with Crippen LogP contribution in [0.5, 0.6) is 0 Å². The molecular formula is C25H27Cl2NO5. The molecule has 1 aliphatic heterocycles. The van der Waals surface area contributed by atoms with E-state index < -0.39 is 53.0 Å². The lowest BCUT2D eigenvalue weighted by Crippen LogP contribution is -2.46. The van der Waals surface area contributed by atoms with Gasteiger partial charge in [0.05, 0.1) is 5.02 Å². The maximum atomic E-state index is 13.9. The zero-order chi connectivity index (χ0) is 24.5. The fourth-order valence-electron chi connectivity index (χ4n) is 4.74. The molecule has 1 heterocycles. The number of Topliss-reactive ketones (excluding diaryl/α,β-unsaturated/α-hetero) is 2. The molecule has 0 saturated carbocycles. The lowest BCUT2D eigenvalue weighted by Gasteiger charge is -2.35. The molecule has 2 aromatic rings. The number of hydrogen-bond acceptors (Lipinski definition) is 5. The monoisotopic (exact) mass is 491 g/mol. The molecule has 6 nitrogen and oxygen atoms in total. The van der Waals surface area contributed by atoms with Crippen LogP contribution in [0.3, 0.4) is 0 Å². The summed E-state index contributed by atoms with van der Waals surface area (Å²) in [6.07, 6.45) is -1.46. The molecule has 33 heavy (non-hydrogen) atoms. The Morgan fingerprint density at radius 3 is 2.24 bits per heavy atom. The third-order valence-corrected chi connectivity index (χ3v) is 6.71. The van der Waals surface area contributed by atoms with Crippen molar-refractivity contribution in [2.75, 3.05) is 7.11 Å². The van der Waals surface area contributed by atoms with E-state index in [-0.39, 0.29) is 10.6 Å². The second kappa shape index (κ2) is 9.94. The van der Waals surface area contributed by atoms with Gasteiger partial charge < -0.3 is 9.84 Å². The number of carboxylic acids is 1. The Morgan fingerprint density at radius 2 is 1.70 bits per heavy atom. The van der Waals surface area contributed by atoms with E-state index in [1.165, 1.54) is 19.2 Å². The molecule has 0 spiro atoms. The number of aliphatic carboxylic acids is 1. The topological polar surface area (TPSA) is 92.7 Å². The van der Waals surface area contributed by atoms with Crippen molar-refractivity contribution < 1.29 is 24.2 Å². The van der Waals surface area contributed by atoms with Crippen LogP contribution in [0.15, 0.2) is 48.5 Å². The van der Waals surface area contributed by atoms with Crippen LogP contribution in [-0.4, -0.2) is 41.9 Å². The number of halogens is 2. The van der Waals surface area contributed by atoms with Gasteiger partial charge in [0, 0.05) is 35.6 Å². The van der Waals surface area contributed by atoms with Gasteiger partial charge in [-0.25, -0.2) is 0 Å². The largest absolute Gasteiger partial charge is 0.480 e. The predicted octanol–water partition coefficient (Wildman–Crippen LogP) is 4.84. The van der Waals surface area contributed by atoms with E-state index >= 15 is 0 Å². The quantitative estimate of drug-likeness (QED) is 0.425. The van der Waals surface area contributed by atoms with Gasteiger partial charge in [0.25, 0.3) is 0 Å². The number of methoxy groups -OCH3 is 1. The molecule has 1 fully saturated rings. The van der Waals surface area contributed by atoms with E-state index in [2.05, 4.69) is 5.32 Å². The van der Waals surface area contributed by atoms with Crippen LogP contribution >= 0.6 is 23.2 Å². The van der Waals surface area contributed by atoms with Crippen molar-refractivity contribution >= 4 is 40.7 Å². The smallest absolute Gasteiger partial charge is 0.321 e. The Bertz CT molecular complexity index is 1050. The van der Waals surface area contributed by atoms with Gasteiger partial charge in [-0.3, -0.25) is 19.7 Å². The average molecular weight is 492 g/mol. The summed E-state index contributed by atoms with van der Waals surface area (Å²) < 4.78 is 5.40. The van der Waals surface area contributed by atoms with Crippen molar-refractivity contribution in [3.05, 3.63) is 69.7 Å². The third-order valence-electron chi connectivity index (χ3n) is 6.14. The standard InChI is InChI=1S/C25H27Cl2NO5/c1-25(2,3)18-17(19(28-20(18)24(31)32)13-8-6-5-7-9-13)22(30)23(33-4)21(29)15-12-14(26)10-11-16(15)27/h5-12,17-20,23,28H,1-4H3,(H,31,32)/t17?,18?,19?,20?,23-/m1/s1. The van der Waals surface area contributed by atoms with Crippen LogP contribution in [0.25, 0.3) is 0 Å². The third kappa shape index (κ3) is 5.14. The molecule has 2 aromatic carbocycles. The molecular weight excluding hydrogens is 465 g/mol. The first kappa shape index (κ1) is 25.4. The first-order valence-electron chi connectivity index (χ1n) is 10.6. The summed E-state index contributed by atoms with van der Waals surface area (Å²) in [5.41, 5.74) is 0.278. The van der Waals surface area contributed by atoms with Crippen LogP contribution in [0.1, 0.15) is 42.7 Å². The molecule has 8 heteroatoms. The average Bonchev–Trinajstić information content (AvgIpc) is 3.18. The van der Waals surface area contributed by atoms with Gasteiger partial charge in [-0.2, -0.15) is 0 Å². The van der Waals surface area contributed by atoms with Crippen molar-refractivity contribution in [1.29, 1.82) is 0 Å². The van der Waals surface area contributed by atoms with Gasteiger partial charge in [-0.05, 0) is 29.2 Å². The maximum absolute atomic E-state index is 13.9. The summed E-state index contributed by atoms with van der Waals surface area (Å²) in [5, 5.41) is 13.5. The highest BCUT2D eigenvalue weighted by Crippen LogP contribution is 2.47. The minimum Gasteiger partial charge on any atom is -0.480 e. The molecule has 5 atom stereocenters. The van der Waals surface area contributed by atoms with E-state index in [1.807, 2.05) is 51.1 Å². The Hall–Kier alpha value is -2.25. The first-order chi connectivity index (χ1) is 15.5. The van der Waals surface area contributed by atoms with Crippen LogP contribution < -0.4 is 5.32 Å². The highest BCUT2D eigenvalue weighted by atomic mass is 35.5. The SMILES string of the molecule is CO[C@H](C(=O)c1cc(Cl)ccc1Cl)C(=O)C1C(c2ccccc2)NC(C(=O)O)C1C(C)(C)C. The predicted molar refractivity (Wildman–Crippen MR) is 127 cm³/mol. The van der Waals surface area contributed by atoms with Crippen molar-refractivity contribution in [1.82, 2.24) is 5.32 Å². The Kier molecular flexibility index (Phi) is 7.64. The van der Waals surface area contributed by atoms with Crippen molar-refractivity contribution in [3.63, 3.8) is 0 Å². The maximum Gasteiger partial charge on any atom is 0.321 e. The summed E-state index contributed by atoms with van der Waals surface area (Å²) in [7, 11) is 1.28. The van der Waals surface area contributed by atoms with Gasteiger partial charge in [0.2, 0.25) is 5.78 Å². The fraction of sp³-hybridized carbons (Fsp3) is 0.400. The number of ether oxygens (including phenoxy) is 1. The number of rotatable bonds is 7. The van der Waals surface area contributed by atoms with Crippen molar-refractivity contribution in [3.8, 4) is 0 Å². The molecule has 1 aliphatic rings. The number of carbonyl (C=O) groups excluding carboxylic acids is 2. The van der Waals surface area contributed by atoms with E-state index in [0.717, 1.165) is 5.56 Å². The number of hydrogen-bond donors (Lipinski definition) is 2. The minimum absolute atomic E-state index is 0.0775. The number of benzene rings is 2. The Balaban J connectivity index is 2.10. The summed E-state index contributed by atoms with van der Waals surface area (Å²) in [4.78, 5) is 39.5. The van der Waals surface area contributed by atoms with E-state index in [4.69, 9.17) is 27.9 Å². The molecule has 0 aromatic heterocycles. The number of carbonyl (C=O) groups is 3. The molecule has 0 bridgehead atoms. The van der Waals surface area contributed by atoms with Gasteiger partial charge in [-0.1, -0.05) is 74.3 Å². The van der Waals surface area contributed by atoms with Gasteiger partial charge >= 0.3 is 5.97 Å². The highest BCUT2D eigenvalue weighted by Gasteiger charge is 2.56. The van der Waals surface area contributed by atoms with Crippen LogP contribution in [0, 0.1) is 17.3 Å². The molecule has 1 saturated heterocycles. The fourth-order valence-corrected chi connectivity index (χ4v) is 5.12. The van der Waals surface area contributed by atoms with Crippen LogP contribution in [0.4, 0.5) is 0 Å². The summed E-state index contributed by atoms with van der Waals surface area (Å²) >= 11 is 12.3. The summed E-state index contributed by atoms with van der Waals surface area (Å²) in [5.74, 6) is -3.60. The van der Waals surface area contributed by atoms with E-state index in [1.54, 1.807) is 6.07 Å². The number of carboxylic acid groups (broad SMARTS) is 1. The Labute approximate surface area is 203 Å². The molecule has 176 valence electrons. The number of ketones is 2. The Morgan fingerprint density at radius 1 is 1.06 bits per heavy atom. The minimum atomic E-state index is -1.46. The normalized spacial score (nSPS) is 23.8. The van der Waals surface area contributed by atoms with Crippen LogP contribution in [-0.2, 0) is 14.3 Å². The number of nitrogens with one attached hydrogen (secondary N) is 1.